The van der Waals surface area contributed by atoms with Crippen molar-refractivity contribution in [3.8, 4) is 0 Å². The van der Waals surface area contributed by atoms with Gasteiger partial charge in [0.15, 0.2) is 0 Å². The van der Waals surface area contributed by atoms with Gasteiger partial charge >= 0.3 is 0 Å². The van der Waals surface area contributed by atoms with Crippen molar-refractivity contribution in [3.05, 3.63) is 46.7 Å². The molecule has 0 amide bonds. The predicted molar refractivity (Wildman–Crippen MR) is 82.1 cm³/mol. The largest absolute Gasteiger partial charge is 0.0842 e. The zero-order valence-corrected chi connectivity index (χ0v) is 14.7. The standard InChI is InChI=1S/2C7H12Si/c1-6-3-4-7(5-6)8-2;1-6-4-3-5-7(6,2)8/h3,5H,4,8H2,1-2H3;3-5H,1-2,8H3. The van der Waals surface area contributed by atoms with E-state index in [2.05, 4.69) is 57.7 Å². The summed E-state index contributed by atoms with van der Waals surface area (Å²) in [5.41, 5.74) is 2.98. The van der Waals surface area contributed by atoms with Crippen LogP contribution in [0.2, 0.25) is 11.6 Å². The summed E-state index contributed by atoms with van der Waals surface area (Å²) in [5.74, 6) is 0. The van der Waals surface area contributed by atoms with Crippen molar-refractivity contribution >= 4 is 19.8 Å². The maximum atomic E-state index is 2.35. The van der Waals surface area contributed by atoms with Gasteiger partial charge in [-0.1, -0.05) is 60.2 Å². The highest BCUT2D eigenvalue weighted by molar-refractivity contribution is 6.43. The molecule has 0 aliphatic heterocycles. The minimum Gasteiger partial charge on any atom is -0.0842 e. The van der Waals surface area contributed by atoms with E-state index in [4.69, 9.17) is 0 Å². The zero-order valence-electron chi connectivity index (χ0n) is 11.3. The van der Waals surface area contributed by atoms with Crippen molar-refractivity contribution in [2.75, 3.05) is 0 Å². The molecule has 2 heteroatoms. The van der Waals surface area contributed by atoms with Crippen LogP contribution in [0.15, 0.2) is 46.7 Å². The van der Waals surface area contributed by atoms with Gasteiger partial charge in [0, 0.05) is 19.8 Å². The Morgan fingerprint density at radius 1 is 1.38 bits per heavy atom. The van der Waals surface area contributed by atoms with E-state index in [9.17, 15) is 0 Å². The van der Waals surface area contributed by atoms with Crippen LogP contribution in [0.1, 0.15) is 27.2 Å². The molecule has 16 heavy (non-hydrogen) atoms. The van der Waals surface area contributed by atoms with Gasteiger partial charge in [0.05, 0.1) is 0 Å². The highest BCUT2D eigenvalue weighted by Crippen LogP contribution is 2.35. The fourth-order valence-corrected chi connectivity index (χ4v) is 3.08. The van der Waals surface area contributed by atoms with E-state index in [0.29, 0.717) is 5.04 Å². The second-order valence-corrected chi connectivity index (χ2v) is 8.93. The molecule has 0 fully saturated rings. The van der Waals surface area contributed by atoms with Gasteiger partial charge in [-0.2, -0.15) is 0 Å². The van der Waals surface area contributed by atoms with Crippen molar-refractivity contribution < 1.29 is 0 Å². The van der Waals surface area contributed by atoms with Crippen LogP contribution in [0, 0.1) is 0 Å². The molecule has 0 heterocycles. The van der Waals surface area contributed by atoms with Crippen molar-refractivity contribution in [2.45, 2.75) is 38.8 Å². The molecule has 2 rings (SSSR count). The van der Waals surface area contributed by atoms with E-state index in [-0.39, 0.29) is 9.52 Å². The van der Waals surface area contributed by atoms with Crippen molar-refractivity contribution in [1.82, 2.24) is 0 Å². The van der Waals surface area contributed by atoms with Gasteiger partial charge in [-0.05, 0) is 25.3 Å². The maximum absolute atomic E-state index is 2.35. The summed E-state index contributed by atoms with van der Waals surface area (Å²) in [4.78, 5) is 0. The fourth-order valence-electron chi connectivity index (χ4n) is 1.76. The van der Waals surface area contributed by atoms with E-state index < -0.39 is 0 Å². The molecule has 88 valence electrons. The third-order valence-corrected chi connectivity index (χ3v) is 5.97. The first-order valence-corrected chi connectivity index (χ1v) is 9.30. The van der Waals surface area contributed by atoms with Crippen LogP contribution < -0.4 is 0 Å². The lowest BCUT2D eigenvalue weighted by Gasteiger charge is -2.16. The van der Waals surface area contributed by atoms with Crippen LogP contribution in [-0.2, 0) is 0 Å². The molecular formula is C14H24Si2. The lowest BCUT2D eigenvalue weighted by Crippen LogP contribution is -2.01. The third-order valence-electron chi connectivity index (χ3n) is 3.45. The van der Waals surface area contributed by atoms with Crippen LogP contribution in [-0.4, -0.2) is 19.8 Å². The Bertz CT molecular complexity index is 368. The highest BCUT2D eigenvalue weighted by Gasteiger charge is 2.17. The normalized spacial score (nSPS) is 27.9. The second-order valence-electron chi connectivity index (χ2n) is 5.24. The Morgan fingerprint density at radius 2 is 2.06 bits per heavy atom. The smallest absolute Gasteiger partial charge is 0.0469 e. The van der Waals surface area contributed by atoms with Crippen molar-refractivity contribution in [2.24, 2.45) is 0 Å². The van der Waals surface area contributed by atoms with Crippen LogP contribution in [0.4, 0.5) is 0 Å². The van der Waals surface area contributed by atoms with Gasteiger partial charge < -0.3 is 0 Å². The molecule has 0 aromatic carbocycles. The summed E-state index contributed by atoms with van der Waals surface area (Å²) < 4.78 is 0. The average molecular weight is 249 g/mol. The molecule has 0 bridgehead atoms. The van der Waals surface area contributed by atoms with Crippen molar-refractivity contribution in [3.63, 3.8) is 0 Å². The second kappa shape index (κ2) is 5.64. The molecule has 2 aliphatic rings. The van der Waals surface area contributed by atoms with Crippen LogP contribution in [0.5, 0.6) is 0 Å². The number of hydrogen-bond acceptors (Lipinski definition) is 0. The van der Waals surface area contributed by atoms with Gasteiger partial charge in [-0.3, -0.25) is 0 Å². The van der Waals surface area contributed by atoms with Gasteiger partial charge in [-0.15, -0.1) is 0 Å². The van der Waals surface area contributed by atoms with E-state index in [1.54, 1.807) is 5.20 Å². The first-order chi connectivity index (χ1) is 7.45. The first kappa shape index (κ1) is 13.5. The summed E-state index contributed by atoms with van der Waals surface area (Å²) in [6.07, 6.45) is 12.6. The minimum absolute atomic E-state index is 0.168. The molecule has 0 N–H and O–H groups in total. The monoisotopic (exact) mass is 248 g/mol. The quantitative estimate of drug-likeness (QED) is 0.626. The molecule has 0 nitrogen and oxygen atoms in total. The van der Waals surface area contributed by atoms with Gasteiger partial charge in [0.2, 0.25) is 0 Å². The molecule has 0 spiro atoms. The molecular weight excluding hydrogens is 224 g/mol. The molecule has 0 saturated heterocycles. The summed E-state index contributed by atoms with van der Waals surface area (Å²) in [6, 6.07) is 0. The molecule has 0 radical (unpaired) electrons. The lowest BCUT2D eigenvalue weighted by molar-refractivity contribution is 0.909. The predicted octanol–water partition coefficient (Wildman–Crippen LogP) is 2.48. The molecule has 0 aromatic heterocycles. The van der Waals surface area contributed by atoms with Gasteiger partial charge in [0.25, 0.3) is 0 Å². The molecule has 0 aromatic rings. The summed E-state index contributed by atoms with van der Waals surface area (Å²) >= 11 is 0. The first-order valence-electron chi connectivity index (χ1n) is 6.18. The fraction of sp³-hybridized carbons (Fsp3) is 0.429. The Hall–Kier alpha value is -0.606. The Balaban J connectivity index is 0.000000160. The Labute approximate surface area is 105 Å². The van der Waals surface area contributed by atoms with Crippen LogP contribution in [0.25, 0.3) is 0 Å². The van der Waals surface area contributed by atoms with E-state index >= 15 is 0 Å². The average Bonchev–Trinajstić information content (AvgIpc) is 2.76. The SMILES string of the molecule is CC1=CC=CC1(C)[SiH3].C[SiH2]C1=CC(C)=CC1. The Kier molecular flexibility index (Phi) is 4.75. The molecule has 2 aliphatic carbocycles. The summed E-state index contributed by atoms with van der Waals surface area (Å²) in [7, 11) is 1.41. The van der Waals surface area contributed by atoms with Crippen LogP contribution in [0.3, 0.4) is 0 Å². The number of rotatable bonds is 1. The molecule has 1 atom stereocenters. The summed E-state index contributed by atoms with van der Waals surface area (Å²) in [6.45, 7) is 9.01. The topological polar surface area (TPSA) is 0 Å². The Morgan fingerprint density at radius 3 is 2.25 bits per heavy atom. The molecule has 0 saturated carbocycles. The zero-order chi connectivity index (χ0) is 12.2. The molecule has 1 unspecified atom stereocenters. The summed E-state index contributed by atoms with van der Waals surface area (Å²) in [5, 5.41) is 2.18. The lowest BCUT2D eigenvalue weighted by atomic mass is 10.1. The van der Waals surface area contributed by atoms with E-state index in [1.807, 2.05) is 0 Å². The van der Waals surface area contributed by atoms with Crippen LogP contribution >= 0.6 is 0 Å². The highest BCUT2D eigenvalue weighted by atomic mass is 28.2. The van der Waals surface area contributed by atoms with Gasteiger partial charge in [0.1, 0.15) is 0 Å². The number of allylic oxidation sites excluding steroid dienone is 8. The third kappa shape index (κ3) is 3.76. The van der Waals surface area contributed by atoms with E-state index in [0.717, 1.165) is 0 Å². The minimum atomic E-state index is 0.168. The number of hydrogen-bond donors (Lipinski definition) is 0. The maximum Gasteiger partial charge on any atom is 0.0469 e. The van der Waals surface area contributed by atoms with E-state index in [1.165, 1.54) is 27.8 Å². The van der Waals surface area contributed by atoms with Crippen molar-refractivity contribution in [1.29, 1.82) is 0 Å². The van der Waals surface area contributed by atoms with Gasteiger partial charge in [-0.25, -0.2) is 0 Å².